The maximum absolute atomic E-state index is 13.2. The zero-order chi connectivity index (χ0) is 21.2. The van der Waals surface area contributed by atoms with E-state index in [-0.39, 0.29) is 5.91 Å². The Morgan fingerprint density at radius 1 is 1.03 bits per heavy atom. The molecule has 0 unspecified atom stereocenters. The molecule has 2 fully saturated rings. The summed E-state index contributed by atoms with van der Waals surface area (Å²) < 4.78 is 5.98. The standard InChI is InChI=1S/C24H25ClN4O2/c25-19-9-5-16(6-10-19)15-31-21-4-2-1-3-20(21)24(30)29-13-11-18(12-14-29)23-26-22(27-28-23)17-7-8-17/h1-6,9-10,17-18H,7-8,11-15H2,(H,26,27,28). The summed E-state index contributed by atoms with van der Waals surface area (Å²) in [5, 5.41) is 8.19. The molecule has 1 aromatic heterocycles. The first-order valence-electron chi connectivity index (χ1n) is 10.8. The Morgan fingerprint density at radius 2 is 1.77 bits per heavy atom. The van der Waals surface area contributed by atoms with E-state index in [0.717, 1.165) is 30.1 Å². The highest BCUT2D eigenvalue weighted by molar-refractivity contribution is 6.30. The Bertz CT molecular complexity index is 1050. The fourth-order valence-electron chi connectivity index (χ4n) is 4.03. The normalized spacial score (nSPS) is 17.0. The van der Waals surface area contributed by atoms with Crippen molar-refractivity contribution in [3.63, 3.8) is 0 Å². The Balaban J connectivity index is 1.21. The van der Waals surface area contributed by atoms with Crippen molar-refractivity contribution in [1.29, 1.82) is 0 Å². The highest BCUT2D eigenvalue weighted by Gasteiger charge is 2.31. The van der Waals surface area contributed by atoms with Crippen LogP contribution in [-0.2, 0) is 6.61 Å². The van der Waals surface area contributed by atoms with Gasteiger partial charge in [-0.15, -0.1) is 0 Å². The van der Waals surface area contributed by atoms with Crippen molar-refractivity contribution in [1.82, 2.24) is 20.1 Å². The minimum absolute atomic E-state index is 0.0152. The monoisotopic (exact) mass is 436 g/mol. The fourth-order valence-corrected chi connectivity index (χ4v) is 4.16. The van der Waals surface area contributed by atoms with Gasteiger partial charge in [0.1, 0.15) is 18.2 Å². The SMILES string of the molecule is O=C(c1ccccc1OCc1ccc(Cl)cc1)N1CCC(c2nc(C3CC3)n[nH]2)CC1. The van der Waals surface area contributed by atoms with Gasteiger partial charge in [-0.25, -0.2) is 4.98 Å². The zero-order valence-electron chi connectivity index (χ0n) is 17.3. The molecule has 31 heavy (non-hydrogen) atoms. The van der Waals surface area contributed by atoms with Gasteiger partial charge in [0.2, 0.25) is 0 Å². The van der Waals surface area contributed by atoms with E-state index >= 15 is 0 Å². The van der Waals surface area contributed by atoms with E-state index in [1.54, 1.807) is 0 Å². The van der Waals surface area contributed by atoms with Crippen molar-refractivity contribution in [2.75, 3.05) is 13.1 Å². The Hall–Kier alpha value is -2.86. The summed E-state index contributed by atoms with van der Waals surface area (Å²) in [6.07, 6.45) is 4.17. The number of aromatic amines is 1. The lowest BCUT2D eigenvalue weighted by molar-refractivity contribution is 0.0706. The van der Waals surface area contributed by atoms with Crippen LogP contribution in [0, 0.1) is 0 Å². The number of hydrogen-bond acceptors (Lipinski definition) is 4. The summed E-state index contributed by atoms with van der Waals surface area (Å²) >= 11 is 5.95. The van der Waals surface area contributed by atoms with Crippen LogP contribution in [0.15, 0.2) is 48.5 Å². The van der Waals surface area contributed by atoms with Crippen LogP contribution >= 0.6 is 11.6 Å². The van der Waals surface area contributed by atoms with Gasteiger partial charge in [-0.3, -0.25) is 9.89 Å². The molecule has 0 bridgehead atoms. The lowest BCUT2D eigenvalue weighted by atomic mass is 9.95. The lowest BCUT2D eigenvalue weighted by Gasteiger charge is -2.31. The number of amides is 1. The van der Waals surface area contributed by atoms with Crippen LogP contribution in [0.5, 0.6) is 5.75 Å². The first kappa shape index (κ1) is 20.1. The number of likely N-dealkylation sites (tertiary alicyclic amines) is 1. The smallest absolute Gasteiger partial charge is 0.257 e. The van der Waals surface area contributed by atoms with Crippen molar-refractivity contribution < 1.29 is 9.53 Å². The summed E-state index contributed by atoms with van der Waals surface area (Å²) in [5.41, 5.74) is 1.61. The van der Waals surface area contributed by atoms with E-state index in [9.17, 15) is 4.79 Å². The first-order valence-corrected chi connectivity index (χ1v) is 11.2. The van der Waals surface area contributed by atoms with Gasteiger partial charge in [-0.05, 0) is 55.5 Å². The minimum atomic E-state index is 0.0152. The van der Waals surface area contributed by atoms with Gasteiger partial charge in [0, 0.05) is 29.9 Å². The molecule has 2 heterocycles. The summed E-state index contributed by atoms with van der Waals surface area (Å²) in [6.45, 7) is 1.79. The number of ether oxygens (including phenoxy) is 1. The number of nitrogens with zero attached hydrogens (tertiary/aromatic N) is 3. The molecule has 1 saturated carbocycles. The van der Waals surface area contributed by atoms with Gasteiger partial charge in [0.15, 0.2) is 5.82 Å². The zero-order valence-corrected chi connectivity index (χ0v) is 18.0. The molecule has 1 aliphatic carbocycles. The quantitative estimate of drug-likeness (QED) is 0.594. The second-order valence-electron chi connectivity index (χ2n) is 8.33. The molecule has 160 valence electrons. The fraction of sp³-hybridized carbons (Fsp3) is 0.375. The van der Waals surface area contributed by atoms with E-state index in [0.29, 0.717) is 47.9 Å². The molecule has 3 aromatic rings. The van der Waals surface area contributed by atoms with Crippen molar-refractivity contribution in [3.8, 4) is 5.75 Å². The maximum Gasteiger partial charge on any atom is 0.257 e. The number of hydrogen-bond donors (Lipinski definition) is 1. The van der Waals surface area contributed by atoms with Gasteiger partial charge >= 0.3 is 0 Å². The van der Waals surface area contributed by atoms with E-state index in [1.807, 2.05) is 53.4 Å². The van der Waals surface area contributed by atoms with Crippen LogP contribution in [0.3, 0.4) is 0 Å². The molecule has 1 aliphatic heterocycles. The molecule has 2 aliphatic rings. The first-order chi connectivity index (χ1) is 15.2. The Kier molecular flexibility index (Phi) is 5.64. The van der Waals surface area contributed by atoms with E-state index in [2.05, 4.69) is 10.2 Å². The van der Waals surface area contributed by atoms with Crippen LogP contribution in [0.1, 0.15) is 65.1 Å². The van der Waals surface area contributed by atoms with Crippen LogP contribution in [0.2, 0.25) is 5.02 Å². The van der Waals surface area contributed by atoms with Crippen molar-refractivity contribution >= 4 is 17.5 Å². The van der Waals surface area contributed by atoms with E-state index < -0.39 is 0 Å². The second-order valence-corrected chi connectivity index (χ2v) is 8.77. The molecule has 0 radical (unpaired) electrons. The molecular weight excluding hydrogens is 412 g/mol. The predicted molar refractivity (Wildman–Crippen MR) is 118 cm³/mol. The summed E-state index contributed by atoms with van der Waals surface area (Å²) in [7, 11) is 0. The number of H-pyrrole nitrogens is 1. The summed E-state index contributed by atoms with van der Waals surface area (Å²) in [4.78, 5) is 19.8. The molecule has 6 nitrogen and oxygen atoms in total. The van der Waals surface area contributed by atoms with Gasteiger partial charge in [-0.1, -0.05) is 35.9 Å². The predicted octanol–water partition coefficient (Wildman–Crippen LogP) is 4.93. The maximum atomic E-state index is 13.2. The summed E-state index contributed by atoms with van der Waals surface area (Å²) in [5.74, 6) is 3.44. The van der Waals surface area contributed by atoms with E-state index in [1.165, 1.54) is 12.8 Å². The molecule has 0 atom stereocenters. The van der Waals surface area contributed by atoms with Gasteiger partial charge in [-0.2, -0.15) is 5.10 Å². The number of halogens is 1. The Morgan fingerprint density at radius 3 is 2.52 bits per heavy atom. The van der Waals surface area contributed by atoms with Crippen molar-refractivity contribution in [2.45, 2.75) is 44.1 Å². The highest BCUT2D eigenvalue weighted by atomic mass is 35.5. The third-order valence-corrected chi connectivity index (χ3v) is 6.31. The molecule has 0 spiro atoms. The number of nitrogens with one attached hydrogen (secondary N) is 1. The molecular formula is C24H25ClN4O2. The van der Waals surface area contributed by atoms with Crippen LogP contribution in [0.25, 0.3) is 0 Å². The highest BCUT2D eigenvalue weighted by Crippen LogP contribution is 2.38. The largest absolute Gasteiger partial charge is 0.488 e. The van der Waals surface area contributed by atoms with Crippen LogP contribution < -0.4 is 4.74 Å². The summed E-state index contributed by atoms with van der Waals surface area (Å²) in [6, 6.07) is 15.0. The number of rotatable bonds is 6. The number of piperidine rings is 1. The molecule has 2 aromatic carbocycles. The third kappa shape index (κ3) is 4.59. The van der Waals surface area contributed by atoms with Crippen LogP contribution in [0.4, 0.5) is 0 Å². The lowest BCUT2D eigenvalue weighted by Crippen LogP contribution is -2.38. The second kappa shape index (κ2) is 8.71. The van der Waals surface area contributed by atoms with Crippen molar-refractivity contribution in [3.05, 3.63) is 76.3 Å². The number of para-hydroxylation sites is 1. The van der Waals surface area contributed by atoms with Crippen molar-refractivity contribution in [2.24, 2.45) is 0 Å². The number of carbonyl (C=O) groups is 1. The molecule has 7 heteroatoms. The average molecular weight is 437 g/mol. The minimum Gasteiger partial charge on any atom is -0.488 e. The third-order valence-electron chi connectivity index (χ3n) is 6.06. The van der Waals surface area contributed by atoms with Crippen LogP contribution in [-0.4, -0.2) is 39.1 Å². The number of carbonyl (C=O) groups excluding carboxylic acids is 1. The Labute approximate surface area is 186 Å². The molecule has 1 saturated heterocycles. The molecule has 1 amide bonds. The van der Waals surface area contributed by atoms with Gasteiger partial charge in [0.25, 0.3) is 5.91 Å². The van der Waals surface area contributed by atoms with E-state index in [4.69, 9.17) is 21.3 Å². The number of aromatic nitrogens is 3. The molecule has 1 N–H and O–H groups in total. The topological polar surface area (TPSA) is 71.1 Å². The average Bonchev–Trinajstić information content (AvgIpc) is 3.55. The van der Waals surface area contributed by atoms with Gasteiger partial charge in [0.05, 0.1) is 5.56 Å². The molecule has 5 rings (SSSR count). The van der Waals surface area contributed by atoms with Gasteiger partial charge < -0.3 is 9.64 Å². The number of benzene rings is 2.